The van der Waals surface area contributed by atoms with Gasteiger partial charge in [0.1, 0.15) is 18.5 Å². The fourth-order valence-corrected chi connectivity index (χ4v) is 9.85. The first-order chi connectivity index (χ1) is 27.8. The molecule has 0 radical (unpaired) electrons. The first kappa shape index (κ1) is 41.7. The maximum Gasteiger partial charge on any atom is 0.407 e. The number of esters is 2. The van der Waals surface area contributed by atoms with Gasteiger partial charge in [-0.1, -0.05) is 41.0 Å². The molecule has 0 bridgehead atoms. The second-order valence-electron chi connectivity index (χ2n) is 16.4. The number of nitrogens with one attached hydrogen (secondary N) is 1. The predicted octanol–water partition coefficient (Wildman–Crippen LogP) is 8.11. The summed E-state index contributed by atoms with van der Waals surface area (Å²) in [6.45, 7) is 13.5. The summed E-state index contributed by atoms with van der Waals surface area (Å²) < 4.78 is 39.9. The highest BCUT2D eigenvalue weighted by molar-refractivity contribution is 5.93. The maximum atomic E-state index is 15.4. The number of nitrogens with zero attached hydrogens (tertiary/aromatic N) is 2. The molecule has 7 unspecified atom stereocenters. The molecule has 2 aromatic heterocycles. The molecule has 3 aromatic rings. The molecule has 314 valence electrons. The summed E-state index contributed by atoms with van der Waals surface area (Å²) in [5.74, 6) is -3.81. The SMILES string of the molecule is CC.CCC(CC(C)C(=O)OC)CC1(C)OOC2(CCCC(OC(=O)NC3CCc4c(C)c(F)cc5nc6c(c3c45)Cn3c-6cc4c(c3=O)COC(=O)C4CC)C2)O1. The van der Waals surface area contributed by atoms with Gasteiger partial charge in [-0.2, -0.15) is 9.78 Å². The molecule has 1 amide bonds. The van der Waals surface area contributed by atoms with Crippen LogP contribution in [0.15, 0.2) is 16.9 Å². The van der Waals surface area contributed by atoms with Crippen LogP contribution in [0.25, 0.3) is 22.3 Å². The third-order valence-corrected chi connectivity index (χ3v) is 12.7. The van der Waals surface area contributed by atoms with Crippen LogP contribution in [0, 0.1) is 24.6 Å². The van der Waals surface area contributed by atoms with Gasteiger partial charge in [-0.25, -0.2) is 14.2 Å². The van der Waals surface area contributed by atoms with Gasteiger partial charge in [0.15, 0.2) is 0 Å². The van der Waals surface area contributed by atoms with E-state index in [4.69, 9.17) is 33.7 Å². The number of pyridine rings is 2. The molecule has 1 spiro atoms. The number of ether oxygens (including phenoxy) is 4. The van der Waals surface area contributed by atoms with Crippen LogP contribution >= 0.6 is 0 Å². The largest absolute Gasteiger partial charge is 0.469 e. The second-order valence-corrected chi connectivity index (χ2v) is 16.4. The number of halogens is 1. The van der Waals surface area contributed by atoms with Crippen LogP contribution in [0.3, 0.4) is 0 Å². The highest BCUT2D eigenvalue weighted by Crippen LogP contribution is 2.48. The normalized spacial score (nSPS) is 26.4. The Hall–Kier alpha value is -4.40. The Morgan fingerprint density at radius 1 is 1.12 bits per heavy atom. The van der Waals surface area contributed by atoms with Crippen molar-refractivity contribution in [3.05, 3.63) is 61.7 Å². The number of rotatable bonds is 9. The fourth-order valence-electron chi connectivity index (χ4n) is 9.85. The molecule has 58 heavy (non-hydrogen) atoms. The number of aromatic nitrogens is 2. The van der Waals surface area contributed by atoms with E-state index < -0.39 is 35.7 Å². The van der Waals surface area contributed by atoms with Crippen LogP contribution < -0.4 is 10.9 Å². The molecule has 1 N–H and O–H groups in total. The van der Waals surface area contributed by atoms with Gasteiger partial charge in [-0.15, -0.1) is 0 Å². The van der Waals surface area contributed by atoms with E-state index >= 15 is 4.39 Å². The standard InChI is InChI=1S/C42H50FN3O10.C2H6/c1-7-23(14-21(3)38(48)51-6)17-41(5)54-42(56-55-41)13-9-10-24(18-42)53-40(50)45-31-12-11-26-22(4)30(43)16-32-34(26)35(31)28-19-46-33(36(28)44-32)15-27-25(8-2)39(49)52-20-29(27)37(46)47;1-2/h15-16,21,23-25,31H,7-14,17-20H2,1-6H3,(H,45,50);1-2H3. The third-order valence-electron chi connectivity index (χ3n) is 12.7. The molecular weight excluding hydrogens is 749 g/mol. The van der Waals surface area contributed by atoms with Crippen molar-refractivity contribution in [3.63, 3.8) is 0 Å². The molecule has 2 aliphatic carbocycles. The lowest BCUT2D eigenvalue weighted by Gasteiger charge is -2.36. The molecule has 13 nitrogen and oxygen atoms in total. The van der Waals surface area contributed by atoms with Crippen molar-refractivity contribution < 1.29 is 47.5 Å². The molecule has 1 saturated heterocycles. The van der Waals surface area contributed by atoms with Gasteiger partial charge in [-0.3, -0.25) is 14.4 Å². The van der Waals surface area contributed by atoms with Crippen molar-refractivity contribution in [2.75, 3.05) is 7.11 Å². The number of methoxy groups -OCH3 is 1. The van der Waals surface area contributed by atoms with Crippen molar-refractivity contribution in [2.24, 2.45) is 11.8 Å². The minimum Gasteiger partial charge on any atom is -0.469 e. The van der Waals surface area contributed by atoms with Gasteiger partial charge in [-0.05, 0) is 86.6 Å². The van der Waals surface area contributed by atoms with E-state index in [-0.39, 0.29) is 54.7 Å². The van der Waals surface area contributed by atoms with Gasteiger partial charge in [0, 0.05) is 36.3 Å². The maximum absolute atomic E-state index is 15.4. The number of carbonyl (C=O) groups excluding carboxylic acids is 3. The highest BCUT2D eigenvalue weighted by atomic mass is 19.1. The molecule has 14 heteroatoms. The van der Waals surface area contributed by atoms with E-state index in [0.29, 0.717) is 85.0 Å². The first-order valence-electron chi connectivity index (χ1n) is 21.0. The van der Waals surface area contributed by atoms with E-state index in [1.807, 2.05) is 40.7 Å². The summed E-state index contributed by atoms with van der Waals surface area (Å²) in [5, 5.41) is 3.90. The van der Waals surface area contributed by atoms with Crippen molar-refractivity contribution in [3.8, 4) is 11.4 Å². The minimum absolute atomic E-state index is 0.0908. The number of alkyl carbamates (subject to hydrolysis) is 1. The van der Waals surface area contributed by atoms with Crippen LogP contribution in [-0.4, -0.2) is 52.4 Å². The number of fused-ring (bicyclic) bond motifs is 5. The van der Waals surface area contributed by atoms with E-state index in [0.717, 1.165) is 28.5 Å². The van der Waals surface area contributed by atoms with Crippen molar-refractivity contribution in [1.82, 2.24) is 14.9 Å². The summed E-state index contributed by atoms with van der Waals surface area (Å²) in [7, 11) is 1.39. The topological polar surface area (TPSA) is 154 Å². The van der Waals surface area contributed by atoms with Crippen LogP contribution in [0.5, 0.6) is 0 Å². The number of hydrogen-bond donors (Lipinski definition) is 1. The zero-order valence-corrected chi connectivity index (χ0v) is 34.9. The summed E-state index contributed by atoms with van der Waals surface area (Å²) in [6, 6.07) is 2.78. The van der Waals surface area contributed by atoms with E-state index in [1.165, 1.54) is 13.2 Å². The lowest BCUT2D eigenvalue weighted by Crippen LogP contribution is -2.44. The summed E-state index contributed by atoms with van der Waals surface area (Å²) in [4.78, 5) is 69.2. The van der Waals surface area contributed by atoms with Crippen molar-refractivity contribution >= 4 is 28.9 Å². The van der Waals surface area contributed by atoms with Crippen LogP contribution in [0.2, 0.25) is 0 Å². The van der Waals surface area contributed by atoms with Crippen LogP contribution in [-0.2, 0) is 57.9 Å². The zero-order chi connectivity index (χ0) is 41.7. The minimum atomic E-state index is -1.09. The Balaban J connectivity index is 0.00000252. The molecule has 8 rings (SSSR count). The number of benzene rings is 1. The quantitative estimate of drug-likeness (QED) is 0.0992. The molecule has 1 saturated carbocycles. The second kappa shape index (κ2) is 16.3. The Morgan fingerprint density at radius 3 is 2.62 bits per heavy atom. The number of aryl methyl sites for hydroxylation is 1. The average molecular weight is 806 g/mol. The Bertz CT molecular complexity index is 2190. The Labute approximate surface area is 338 Å². The number of cyclic esters (lactones) is 1. The van der Waals surface area contributed by atoms with Gasteiger partial charge in [0.25, 0.3) is 5.56 Å². The van der Waals surface area contributed by atoms with Crippen LogP contribution in [0.1, 0.15) is 145 Å². The number of hydrogen-bond acceptors (Lipinski definition) is 11. The average Bonchev–Trinajstić information content (AvgIpc) is 3.73. The van der Waals surface area contributed by atoms with Gasteiger partial charge >= 0.3 is 18.0 Å². The van der Waals surface area contributed by atoms with Gasteiger partial charge in [0.05, 0.1) is 54.0 Å². The smallest absolute Gasteiger partial charge is 0.407 e. The highest BCUT2D eigenvalue weighted by Gasteiger charge is 2.54. The zero-order valence-electron chi connectivity index (χ0n) is 34.9. The Kier molecular flexibility index (Phi) is 11.8. The fraction of sp³-hybridized carbons (Fsp3) is 0.614. The van der Waals surface area contributed by atoms with E-state index in [1.54, 1.807) is 11.5 Å². The number of amides is 1. The summed E-state index contributed by atoms with van der Waals surface area (Å²) >= 11 is 0. The lowest BCUT2D eigenvalue weighted by molar-refractivity contribution is -0.356. The van der Waals surface area contributed by atoms with E-state index in [2.05, 4.69) is 12.2 Å². The van der Waals surface area contributed by atoms with Gasteiger partial charge in [0.2, 0.25) is 11.6 Å². The molecular formula is C44H56FN3O10. The molecule has 7 atom stereocenters. The molecule has 5 aliphatic rings. The monoisotopic (exact) mass is 805 g/mol. The summed E-state index contributed by atoms with van der Waals surface area (Å²) in [5.41, 5.74) is 5.34. The first-order valence-corrected chi connectivity index (χ1v) is 21.0. The van der Waals surface area contributed by atoms with Crippen molar-refractivity contribution in [1.29, 1.82) is 0 Å². The number of carbonyl (C=O) groups is 3. The molecule has 5 heterocycles. The molecule has 3 aliphatic heterocycles. The van der Waals surface area contributed by atoms with Gasteiger partial charge < -0.3 is 28.8 Å². The molecule has 1 aromatic carbocycles. The third kappa shape index (κ3) is 7.40. The predicted molar refractivity (Wildman–Crippen MR) is 211 cm³/mol. The summed E-state index contributed by atoms with van der Waals surface area (Å²) in [6.07, 6.45) is 4.44. The van der Waals surface area contributed by atoms with E-state index in [9.17, 15) is 19.2 Å². The lowest BCUT2D eigenvalue weighted by atomic mass is 9.81. The van der Waals surface area contributed by atoms with Crippen LogP contribution in [0.4, 0.5) is 9.18 Å². The Morgan fingerprint density at radius 2 is 1.90 bits per heavy atom. The molecule has 2 fully saturated rings. The van der Waals surface area contributed by atoms with Crippen molar-refractivity contribution in [2.45, 2.75) is 155 Å².